The van der Waals surface area contributed by atoms with E-state index >= 15 is 0 Å². The fourth-order valence-corrected chi connectivity index (χ4v) is 1.76. The van der Waals surface area contributed by atoms with E-state index in [4.69, 9.17) is 0 Å². The van der Waals surface area contributed by atoms with Gasteiger partial charge >= 0.3 is 0 Å². The molecule has 0 atom stereocenters. The van der Waals surface area contributed by atoms with Crippen molar-refractivity contribution < 1.29 is 4.79 Å². The van der Waals surface area contributed by atoms with Crippen molar-refractivity contribution in [1.82, 2.24) is 9.97 Å². The summed E-state index contributed by atoms with van der Waals surface area (Å²) in [5, 5.41) is 2.80. The molecule has 0 fully saturated rings. The fourth-order valence-electron chi connectivity index (χ4n) is 1.76. The molecule has 0 bridgehead atoms. The van der Waals surface area contributed by atoms with E-state index in [0.717, 1.165) is 16.9 Å². The molecule has 3 rings (SSSR count). The Labute approximate surface area is 92.0 Å². The van der Waals surface area contributed by atoms with Crippen LogP contribution in [0.25, 0.3) is 11.6 Å². The maximum absolute atomic E-state index is 11.7. The van der Waals surface area contributed by atoms with Gasteiger partial charge in [-0.2, -0.15) is 0 Å². The van der Waals surface area contributed by atoms with Gasteiger partial charge in [0, 0.05) is 29.8 Å². The number of aromatic amines is 1. The summed E-state index contributed by atoms with van der Waals surface area (Å²) in [5.41, 5.74) is 3.22. The van der Waals surface area contributed by atoms with Crippen molar-refractivity contribution >= 4 is 23.2 Å². The minimum absolute atomic E-state index is 0.0856. The van der Waals surface area contributed by atoms with Gasteiger partial charge in [-0.15, -0.1) is 0 Å². The maximum Gasteiger partial charge on any atom is 0.256 e. The SMILES string of the molecule is O=C1Nc2ccncc2C1=Cc1ccc[nH]1. The lowest BCUT2D eigenvalue weighted by atomic mass is 10.1. The lowest BCUT2D eigenvalue weighted by Crippen LogP contribution is -2.03. The molecule has 2 aromatic rings. The zero-order valence-electron chi connectivity index (χ0n) is 8.40. The van der Waals surface area contributed by atoms with Crippen LogP contribution in [0.5, 0.6) is 0 Å². The second-order valence-corrected chi connectivity index (χ2v) is 3.56. The van der Waals surface area contributed by atoms with Crippen LogP contribution in [-0.4, -0.2) is 15.9 Å². The normalized spacial score (nSPS) is 16.2. The third-order valence-electron chi connectivity index (χ3n) is 2.53. The van der Waals surface area contributed by atoms with Crippen molar-refractivity contribution in [2.45, 2.75) is 0 Å². The number of aromatic nitrogens is 2. The molecule has 1 aliphatic rings. The number of hydrogen-bond donors (Lipinski definition) is 2. The summed E-state index contributed by atoms with van der Waals surface area (Å²) in [6, 6.07) is 5.60. The van der Waals surface area contributed by atoms with Gasteiger partial charge in [-0.3, -0.25) is 9.78 Å². The maximum atomic E-state index is 11.7. The Balaban J connectivity index is 2.12. The van der Waals surface area contributed by atoms with Crippen molar-refractivity contribution in [2.75, 3.05) is 5.32 Å². The number of carbonyl (C=O) groups is 1. The summed E-state index contributed by atoms with van der Waals surface area (Å²) < 4.78 is 0. The average molecular weight is 211 g/mol. The second-order valence-electron chi connectivity index (χ2n) is 3.56. The summed E-state index contributed by atoms with van der Waals surface area (Å²) in [6.07, 6.45) is 7.00. The van der Waals surface area contributed by atoms with E-state index in [1.165, 1.54) is 0 Å². The van der Waals surface area contributed by atoms with Crippen molar-refractivity contribution in [2.24, 2.45) is 0 Å². The largest absolute Gasteiger partial charge is 0.362 e. The molecule has 3 heterocycles. The highest BCUT2D eigenvalue weighted by molar-refractivity contribution is 6.34. The highest BCUT2D eigenvalue weighted by atomic mass is 16.2. The molecular formula is C12H9N3O. The summed E-state index contributed by atoms with van der Waals surface area (Å²) in [7, 11) is 0. The van der Waals surface area contributed by atoms with Crippen LogP contribution in [0.15, 0.2) is 36.8 Å². The Morgan fingerprint density at radius 1 is 1.31 bits per heavy atom. The van der Waals surface area contributed by atoms with Crippen molar-refractivity contribution in [3.05, 3.63) is 48.0 Å². The molecule has 16 heavy (non-hydrogen) atoms. The summed E-state index contributed by atoms with van der Waals surface area (Å²) in [4.78, 5) is 18.8. The van der Waals surface area contributed by atoms with Gasteiger partial charge in [0.15, 0.2) is 0 Å². The van der Waals surface area contributed by atoms with Crippen molar-refractivity contribution in [1.29, 1.82) is 0 Å². The van der Waals surface area contributed by atoms with E-state index in [2.05, 4.69) is 15.3 Å². The molecule has 4 heteroatoms. The van der Waals surface area contributed by atoms with E-state index in [-0.39, 0.29) is 5.91 Å². The highest BCUT2D eigenvalue weighted by Gasteiger charge is 2.23. The molecule has 1 aliphatic heterocycles. The monoisotopic (exact) mass is 211 g/mol. The minimum Gasteiger partial charge on any atom is -0.362 e. The highest BCUT2D eigenvalue weighted by Crippen LogP contribution is 2.31. The molecule has 0 aliphatic carbocycles. The number of hydrogen-bond acceptors (Lipinski definition) is 2. The third kappa shape index (κ3) is 1.32. The molecule has 4 nitrogen and oxygen atoms in total. The Bertz CT molecular complexity index is 570. The molecule has 0 saturated heterocycles. The summed E-state index contributed by atoms with van der Waals surface area (Å²) in [5.74, 6) is -0.0856. The quantitative estimate of drug-likeness (QED) is 0.708. The van der Waals surface area contributed by atoms with E-state index < -0.39 is 0 Å². The van der Waals surface area contributed by atoms with Crippen LogP contribution in [0.3, 0.4) is 0 Å². The molecule has 0 radical (unpaired) electrons. The molecule has 2 N–H and O–H groups in total. The Kier molecular flexibility index (Phi) is 1.86. The number of carbonyl (C=O) groups excluding carboxylic acids is 1. The second kappa shape index (κ2) is 3.34. The Morgan fingerprint density at radius 2 is 2.25 bits per heavy atom. The first kappa shape index (κ1) is 8.91. The molecule has 0 aromatic carbocycles. The predicted molar refractivity (Wildman–Crippen MR) is 61.5 cm³/mol. The first-order chi connectivity index (χ1) is 7.84. The zero-order valence-corrected chi connectivity index (χ0v) is 8.40. The van der Waals surface area contributed by atoms with Crippen LogP contribution >= 0.6 is 0 Å². The van der Waals surface area contributed by atoms with Gasteiger partial charge in [0.1, 0.15) is 0 Å². The van der Waals surface area contributed by atoms with Gasteiger partial charge in [-0.25, -0.2) is 0 Å². The molecular weight excluding hydrogens is 202 g/mol. The Morgan fingerprint density at radius 3 is 3.06 bits per heavy atom. The van der Waals surface area contributed by atoms with Crippen LogP contribution in [-0.2, 0) is 4.79 Å². The van der Waals surface area contributed by atoms with Crippen LogP contribution in [0.2, 0.25) is 0 Å². The number of H-pyrrole nitrogens is 1. The molecule has 1 amide bonds. The number of rotatable bonds is 1. The third-order valence-corrected chi connectivity index (χ3v) is 2.53. The summed E-state index contributed by atoms with van der Waals surface area (Å²) >= 11 is 0. The van der Waals surface area contributed by atoms with Crippen LogP contribution < -0.4 is 5.32 Å². The van der Waals surface area contributed by atoms with Gasteiger partial charge in [-0.05, 0) is 24.3 Å². The van der Waals surface area contributed by atoms with Gasteiger partial charge < -0.3 is 10.3 Å². The topological polar surface area (TPSA) is 57.8 Å². The molecule has 0 unspecified atom stereocenters. The number of fused-ring (bicyclic) bond motifs is 1. The zero-order chi connectivity index (χ0) is 11.0. The lowest BCUT2D eigenvalue weighted by molar-refractivity contribution is -0.110. The first-order valence-corrected chi connectivity index (χ1v) is 4.95. The number of amides is 1. The Hall–Kier alpha value is -2.36. The summed E-state index contributed by atoms with van der Waals surface area (Å²) in [6.45, 7) is 0. The van der Waals surface area contributed by atoms with E-state index in [9.17, 15) is 4.79 Å². The van der Waals surface area contributed by atoms with Crippen LogP contribution in [0, 0.1) is 0 Å². The van der Waals surface area contributed by atoms with Gasteiger partial charge in [0.05, 0.1) is 11.3 Å². The minimum atomic E-state index is -0.0856. The number of pyridine rings is 1. The molecule has 0 spiro atoms. The van der Waals surface area contributed by atoms with E-state index in [1.807, 2.05) is 24.4 Å². The van der Waals surface area contributed by atoms with Crippen LogP contribution in [0.4, 0.5) is 5.69 Å². The van der Waals surface area contributed by atoms with Gasteiger partial charge in [0.2, 0.25) is 0 Å². The predicted octanol–water partition coefficient (Wildman–Crippen LogP) is 1.90. The fraction of sp³-hybridized carbons (Fsp3) is 0. The van der Waals surface area contributed by atoms with Gasteiger partial charge in [0.25, 0.3) is 5.91 Å². The van der Waals surface area contributed by atoms with Crippen molar-refractivity contribution in [3.63, 3.8) is 0 Å². The number of anilines is 1. The van der Waals surface area contributed by atoms with Gasteiger partial charge in [-0.1, -0.05) is 0 Å². The molecule has 78 valence electrons. The molecule has 2 aromatic heterocycles. The standard InChI is InChI=1S/C12H9N3O/c16-12-9(6-8-2-1-4-14-8)10-7-13-5-3-11(10)15-12/h1-7,14H,(H,15,16). The smallest absolute Gasteiger partial charge is 0.256 e. The average Bonchev–Trinajstić information content (AvgIpc) is 2.89. The van der Waals surface area contributed by atoms with Crippen LogP contribution in [0.1, 0.15) is 11.3 Å². The van der Waals surface area contributed by atoms with Crippen molar-refractivity contribution in [3.8, 4) is 0 Å². The first-order valence-electron chi connectivity index (χ1n) is 4.95. The number of nitrogens with zero attached hydrogens (tertiary/aromatic N) is 1. The number of nitrogens with one attached hydrogen (secondary N) is 2. The van der Waals surface area contributed by atoms with E-state index in [1.54, 1.807) is 18.5 Å². The lowest BCUT2D eigenvalue weighted by Gasteiger charge is -1.95. The van der Waals surface area contributed by atoms with E-state index in [0.29, 0.717) is 5.57 Å². The molecule has 0 saturated carbocycles.